The molecule has 0 amide bonds. The molecule has 1 aromatic rings. The van der Waals surface area contributed by atoms with Gasteiger partial charge in [-0.05, 0) is 36.6 Å². The lowest BCUT2D eigenvalue weighted by Gasteiger charge is -1.99. The summed E-state index contributed by atoms with van der Waals surface area (Å²) in [7, 11) is 0. The topological polar surface area (TPSA) is 12.9 Å². The molecule has 72 valence electrons. The largest absolute Gasteiger partial charge is 0.264 e. The summed E-state index contributed by atoms with van der Waals surface area (Å²) in [5.41, 5.74) is 1.35. The number of pyridine rings is 1. The molecule has 0 unspecified atom stereocenters. The van der Waals surface area contributed by atoms with Crippen LogP contribution in [0.3, 0.4) is 0 Å². The smallest absolute Gasteiger partial charge is 0.0299 e. The Labute approximate surface area is 86.0 Å². The first kappa shape index (κ1) is 10.6. The minimum absolute atomic E-state index is 1.02. The molecule has 0 aliphatic rings. The van der Waals surface area contributed by atoms with E-state index in [4.69, 9.17) is 0 Å². The first-order chi connectivity index (χ1) is 6.43. The summed E-state index contributed by atoms with van der Waals surface area (Å²) in [6.45, 7) is 0. The van der Waals surface area contributed by atoms with Gasteiger partial charge in [0.2, 0.25) is 0 Å². The van der Waals surface area contributed by atoms with E-state index in [0.717, 1.165) is 5.75 Å². The molecule has 1 aromatic heterocycles. The third-order valence-electron chi connectivity index (χ3n) is 2.10. The molecule has 0 aliphatic carbocycles. The second-order valence-corrected chi connectivity index (χ2v) is 3.70. The number of nitrogens with zero attached hydrogens (tertiary/aromatic N) is 1. The number of hydrogen-bond acceptors (Lipinski definition) is 2. The highest BCUT2D eigenvalue weighted by atomic mass is 32.1. The van der Waals surface area contributed by atoms with E-state index in [1.807, 2.05) is 18.5 Å². The molecule has 0 saturated carbocycles. The number of unbranched alkanes of at least 4 members (excludes halogenated alkanes) is 3. The van der Waals surface area contributed by atoms with Gasteiger partial charge in [0.15, 0.2) is 0 Å². The Morgan fingerprint density at radius 2 is 2.00 bits per heavy atom. The maximum Gasteiger partial charge on any atom is 0.0299 e. The van der Waals surface area contributed by atoms with Gasteiger partial charge in [-0.25, -0.2) is 0 Å². The van der Waals surface area contributed by atoms with Crippen LogP contribution in [0.4, 0.5) is 0 Å². The van der Waals surface area contributed by atoms with Gasteiger partial charge < -0.3 is 0 Å². The Morgan fingerprint density at radius 1 is 1.15 bits per heavy atom. The standard InChI is InChI=1S/C11H17NS/c13-9-4-2-1-3-6-11-7-5-8-12-10-11/h5,7-8,10,13H,1-4,6,9H2. The maximum absolute atomic E-state index is 4.18. The molecule has 0 radical (unpaired) electrons. The van der Waals surface area contributed by atoms with Crippen LogP contribution >= 0.6 is 12.6 Å². The van der Waals surface area contributed by atoms with Crippen LogP contribution in [0.2, 0.25) is 0 Å². The first-order valence-corrected chi connectivity index (χ1v) is 5.56. The van der Waals surface area contributed by atoms with Gasteiger partial charge in [-0.3, -0.25) is 4.98 Å². The first-order valence-electron chi connectivity index (χ1n) is 4.93. The number of rotatable bonds is 6. The van der Waals surface area contributed by atoms with Crippen molar-refractivity contribution in [2.45, 2.75) is 32.1 Å². The van der Waals surface area contributed by atoms with E-state index < -0.39 is 0 Å². The van der Waals surface area contributed by atoms with Gasteiger partial charge in [0.25, 0.3) is 0 Å². The Hall–Kier alpha value is -0.500. The number of hydrogen-bond donors (Lipinski definition) is 1. The zero-order valence-corrected chi connectivity index (χ0v) is 8.84. The third-order valence-corrected chi connectivity index (χ3v) is 2.41. The summed E-state index contributed by atoms with van der Waals surface area (Å²) < 4.78 is 0. The Morgan fingerprint density at radius 3 is 2.69 bits per heavy atom. The van der Waals surface area contributed by atoms with Crippen LogP contribution in [0.15, 0.2) is 24.5 Å². The van der Waals surface area contributed by atoms with E-state index in [1.54, 1.807) is 0 Å². The molecule has 13 heavy (non-hydrogen) atoms. The lowest BCUT2D eigenvalue weighted by atomic mass is 10.1. The monoisotopic (exact) mass is 195 g/mol. The normalized spacial score (nSPS) is 10.2. The van der Waals surface area contributed by atoms with E-state index in [2.05, 4.69) is 23.7 Å². The van der Waals surface area contributed by atoms with Gasteiger partial charge in [0, 0.05) is 12.4 Å². The molecule has 1 rings (SSSR count). The minimum atomic E-state index is 1.02. The lowest BCUT2D eigenvalue weighted by Crippen LogP contribution is -1.86. The highest BCUT2D eigenvalue weighted by Crippen LogP contribution is 2.06. The van der Waals surface area contributed by atoms with Crippen molar-refractivity contribution in [3.63, 3.8) is 0 Å². The van der Waals surface area contributed by atoms with E-state index in [1.165, 1.54) is 37.7 Å². The second-order valence-electron chi connectivity index (χ2n) is 3.25. The van der Waals surface area contributed by atoms with Crippen LogP contribution in [-0.4, -0.2) is 10.7 Å². The zero-order valence-electron chi connectivity index (χ0n) is 7.95. The van der Waals surface area contributed by atoms with Crippen LogP contribution in [-0.2, 0) is 6.42 Å². The quantitative estimate of drug-likeness (QED) is 0.543. The molecular formula is C11H17NS. The molecule has 0 fully saturated rings. The van der Waals surface area contributed by atoms with Crippen LogP contribution in [0.1, 0.15) is 31.2 Å². The summed E-state index contributed by atoms with van der Waals surface area (Å²) >= 11 is 4.18. The van der Waals surface area contributed by atoms with Crippen LogP contribution in [0, 0.1) is 0 Å². The van der Waals surface area contributed by atoms with Crippen LogP contribution in [0.5, 0.6) is 0 Å². The summed E-state index contributed by atoms with van der Waals surface area (Å²) in [6.07, 6.45) is 10.1. The maximum atomic E-state index is 4.18. The molecule has 1 heterocycles. The SMILES string of the molecule is SCCCCCCc1cccnc1. The van der Waals surface area contributed by atoms with E-state index in [9.17, 15) is 0 Å². The van der Waals surface area contributed by atoms with Crippen molar-refractivity contribution in [2.24, 2.45) is 0 Å². The fourth-order valence-corrected chi connectivity index (χ4v) is 1.56. The summed E-state index contributed by atoms with van der Waals surface area (Å²) in [5.74, 6) is 1.02. The summed E-state index contributed by atoms with van der Waals surface area (Å²) in [5, 5.41) is 0. The van der Waals surface area contributed by atoms with Crippen molar-refractivity contribution in [2.75, 3.05) is 5.75 Å². The Balaban J connectivity index is 2.07. The van der Waals surface area contributed by atoms with Gasteiger partial charge in [-0.1, -0.05) is 18.9 Å². The number of thiol groups is 1. The Kier molecular flexibility index (Phi) is 5.66. The molecule has 0 spiro atoms. The Bertz CT molecular complexity index is 211. The number of aromatic nitrogens is 1. The van der Waals surface area contributed by atoms with E-state index in [-0.39, 0.29) is 0 Å². The third kappa shape index (κ3) is 4.94. The summed E-state index contributed by atoms with van der Waals surface area (Å²) in [6, 6.07) is 4.15. The van der Waals surface area contributed by atoms with Crippen LogP contribution < -0.4 is 0 Å². The van der Waals surface area contributed by atoms with Gasteiger partial charge in [0.1, 0.15) is 0 Å². The van der Waals surface area contributed by atoms with Crippen molar-refractivity contribution in [3.8, 4) is 0 Å². The molecule has 0 aromatic carbocycles. The van der Waals surface area contributed by atoms with Gasteiger partial charge in [-0.15, -0.1) is 0 Å². The fraction of sp³-hybridized carbons (Fsp3) is 0.545. The highest BCUT2D eigenvalue weighted by molar-refractivity contribution is 7.80. The molecule has 0 bridgehead atoms. The van der Waals surface area contributed by atoms with Crippen molar-refractivity contribution >= 4 is 12.6 Å². The molecule has 0 N–H and O–H groups in total. The van der Waals surface area contributed by atoms with Crippen molar-refractivity contribution in [3.05, 3.63) is 30.1 Å². The lowest BCUT2D eigenvalue weighted by molar-refractivity contribution is 0.670. The predicted molar refractivity (Wildman–Crippen MR) is 60.3 cm³/mol. The fourth-order valence-electron chi connectivity index (χ4n) is 1.34. The van der Waals surface area contributed by atoms with Gasteiger partial charge in [-0.2, -0.15) is 12.6 Å². The molecule has 0 saturated heterocycles. The molecule has 0 atom stereocenters. The van der Waals surface area contributed by atoms with Gasteiger partial charge in [0.05, 0.1) is 0 Å². The van der Waals surface area contributed by atoms with E-state index in [0.29, 0.717) is 0 Å². The average Bonchev–Trinajstić information content (AvgIpc) is 2.19. The minimum Gasteiger partial charge on any atom is -0.264 e. The molecule has 2 heteroatoms. The second kappa shape index (κ2) is 6.96. The van der Waals surface area contributed by atoms with E-state index >= 15 is 0 Å². The van der Waals surface area contributed by atoms with Crippen LogP contribution in [0.25, 0.3) is 0 Å². The van der Waals surface area contributed by atoms with Crippen molar-refractivity contribution in [1.29, 1.82) is 0 Å². The van der Waals surface area contributed by atoms with Crippen molar-refractivity contribution in [1.82, 2.24) is 4.98 Å². The molecular weight excluding hydrogens is 178 g/mol. The molecule has 0 aliphatic heterocycles. The van der Waals surface area contributed by atoms with Crippen molar-refractivity contribution < 1.29 is 0 Å². The number of aryl methyl sites for hydroxylation is 1. The van der Waals surface area contributed by atoms with Gasteiger partial charge >= 0.3 is 0 Å². The summed E-state index contributed by atoms with van der Waals surface area (Å²) in [4.78, 5) is 4.09. The molecule has 1 nitrogen and oxygen atoms in total. The zero-order chi connectivity index (χ0) is 9.36. The highest BCUT2D eigenvalue weighted by Gasteiger charge is 1.92. The predicted octanol–water partition coefficient (Wildman–Crippen LogP) is 3.11. The average molecular weight is 195 g/mol.